The number of nitrogens with zero attached hydrogens (tertiary/aromatic N) is 1. The molecule has 0 aliphatic carbocycles. The number of hydrogen-bond donors (Lipinski definition) is 3. The summed E-state index contributed by atoms with van der Waals surface area (Å²) in [7, 11) is 1.51. The van der Waals surface area contributed by atoms with Crippen LogP contribution in [0.5, 0.6) is 0 Å². The minimum Gasteiger partial charge on any atom is -0.365 e. The summed E-state index contributed by atoms with van der Waals surface area (Å²) in [6, 6.07) is 0. The highest BCUT2D eigenvalue weighted by atomic mass is 16.3. The SMILES string of the molecule is CN=C1NC(=O)[C@@H](O)N1. The first-order valence-corrected chi connectivity index (χ1v) is 2.46. The van der Waals surface area contributed by atoms with Crippen LogP contribution >= 0.6 is 0 Å². The first-order chi connectivity index (χ1) is 4.24. The first-order valence-electron chi connectivity index (χ1n) is 2.46. The Balaban J connectivity index is 2.65. The van der Waals surface area contributed by atoms with Crippen LogP contribution in [0.25, 0.3) is 0 Å². The van der Waals surface area contributed by atoms with Crippen molar-refractivity contribution in [2.45, 2.75) is 6.23 Å². The lowest BCUT2D eigenvalue weighted by molar-refractivity contribution is -0.126. The molecule has 0 aromatic heterocycles. The third-order valence-electron chi connectivity index (χ3n) is 0.987. The molecule has 0 radical (unpaired) electrons. The number of amides is 1. The van der Waals surface area contributed by atoms with Crippen molar-refractivity contribution in [3.63, 3.8) is 0 Å². The number of hydrogen-bond acceptors (Lipinski definition) is 3. The van der Waals surface area contributed by atoms with Gasteiger partial charge in [0, 0.05) is 7.05 Å². The van der Waals surface area contributed by atoms with Gasteiger partial charge in [-0.3, -0.25) is 15.1 Å². The van der Waals surface area contributed by atoms with E-state index in [4.69, 9.17) is 5.11 Å². The van der Waals surface area contributed by atoms with Crippen molar-refractivity contribution in [3.8, 4) is 0 Å². The molecular weight excluding hydrogens is 122 g/mol. The normalized spacial score (nSPS) is 30.2. The fraction of sp³-hybridized carbons (Fsp3) is 0.500. The summed E-state index contributed by atoms with van der Waals surface area (Å²) in [6.07, 6.45) is -1.14. The lowest BCUT2D eigenvalue weighted by Crippen LogP contribution is -2.28. The van der Waals surface area contributed by atoms with E-state index >= 15 is 0 Å². The van der Waals surface area contributed by atoms with E-state index in [1.807, 2.05) is 0 Å². The molecule has 9 heavy (non-hydrogen) atoms. The molecule has 0 unspecified atom stereocenters. The zero-order chi connectivity index (χ0) is 6.85. The predicted octanol–water partition coefficient (Wildman–Crippen LogP) is -1.99. The van der Waals surface area contributed by atoms with Crippen LogP contribution in [0.2, 0.25) is 0 Å². The van der Waals surface area contributed by atoms with E-state index in [1.165, 1.54) is 7.05 Å². The molecule has 0 aromatic rings. The van der Waals surface area contributed by atoms with Crippen molar-refractivity contribution in [1.29, 1.82) is 0 Å². The second kappa shape index (κ2) is 2.02. The number of carbonyl (C=O) groups is 1. The highest BCUT2D eigenvalue weighted by Crippen LogP contribution is 1.85. The Morgan fingerprint density at radius 1 is 1.78 bits per heavy atom. The Bertz CT molecular complexity index is 165. The molecule has 0 spiro atoms. The van der Waals surface area contributed by atoms with Gasteiger partial charge in [-0.05, 0) is 0 Å². The topological polar surface area (TPSA) is 73.7 Å². The van der Waals surface area contributed by atoms with Crippen LogP contribution in [0.1, 0.15) is 0 Å². The number of rotatable bonds is 0. The number of guanidine groups is 1. The molecular formula is C4H7N3O2. The Hall–Kier alpha value is -1.10. The molecule has 1 saturated heterocycles. The maximum absolute atomic E-state index is 10.4. The van der Waals surface area contributed by atoms with Crippen molar-refractivity contribution in [2.24, 2.45) is 4.99 Å². The van der Waals surface area contributed by atoms with Gasteiger partial charge in [0.15, 0.2) is 5.96 Å². The molecule has 1 fully saturated rings. The van der Waals surface area contributed by atoms with Gasteiger partial charge in [-0.1, -0.05) is 0 Å². The number of nitrogens with one attached hydrogen (secondary N) is 2. The van der Waals surface area contributed by atoms with E-state index in [0.717, 1.165) is 0 Å². The van der Waals surface area contributed by atoms with E-state index in [1.54, 1.807) is 0 Å². The summed E-state index contributed by atoms with van der Waals surface area (Å²) in [5, 5.41) is 13.4. The molecule has 1 amide bonds. The van der Waals surface area contributed by atoms with Crippen LogP contribution < -0.4 is 10.6 Å². The van der Waals surface area contributed by atoms with Gasteiger partial charge in [0.2, 0.25) is 6.23 Å². The van der Waals surface area contributed by atoms with Crippen LogP contribution in [0.15, 0.2) is 4.99 Å². The van der Waals surface area contributed by atoms with Crippen molar-refractivity contribution in [2.75, 3.05) is 7.05 Å². The predicted molar refractivity (Wildman–Crippen MR) is 30.6 cm³/mol. The number of carbonyl (C=O) groups excluding carboxylic acids is 1. The van der Waals surface area contributed by atoms with Crippen LogP contribution in [0, 0.1) is 0 Å². The van der Waals surface area contributed by atoms with Crippen molar-refractivity contribution in [3.05, 3.63) is 0 Å². The highest BCUT2D eigenvalue weighted by molar-refractivity contribution is 6.05. The van der Waals surface area contributed by atoms with Crippen LogP contribution in [-0.2, 0) is 4.79 Å². The molecule has 3 N–H and O–H groups in total. The molecule has 1 aliphatic heterocycles. The third kappa shape index (κ3) is 0.996. The van der Waals surface area contributed by atoms with Crippen molar-refractivity contribution >= 4 is 11.9 Å². The average Bonchev–Trinajstić information content (AvgIpc) is 2.13. The number of aliphatic hydroxyl groups is 1. The maximum Gasteiger partial charge on any atom is 0.276 e. The van der Waals surface area contributed by atoms with E-state index < -0.39 is 12.1 Å². The van der Waals surface area contributed by atoms with Gasteiger partial charge in [-0.15, -0.1) is 0 Å². The molecule has 0 saturated carbocycles. The molecule has 5 heteroatoms. The Kier molecular flexibility index (Phi) is 1.35. The smallest absolute Gasteiger partial charge is 0.276 e. The second-order valence-electron chi connectivity index (χ2n) is 1.61. The van der Waals surface area contributed by atoms with Crippen molar-refractivity contribution < 1.29 is 9.90 Å². The molecule has 5 nitrogen and oxygen atoms in total. The summed E-state index contributed by atoms with van der Waals surface area (Å²) in [5.74, 6) is -0.150. The van der Waals surface area contributed by atoms with Gasteiger partial charge in [0.05, 0.1) is 0 Å². The third-order valence-corrected chi connectivity index (χ3v) is 0.987. The van der Waals surface area contributed by atoms with Gasteiger partial charge in [-0.2, -0.15) is 0 Å². The minimum atomic E-state index is -1.14. The molecule has 1 heterocycles. The fourth-order valence-corrected chi connectivity index (χ4v) is 0.537. The zero-order valence-corrected chi connectivity index (χ0v) is 4.88. The number of aliphatic hydroxyl groups excluding tert-OH is 1. The quantitative estimate of drug-likeness (QED) is 0.354. The molecule has 0 bridgehead atoms. The standard InChI is InChI=1S/C4H7N3O2/c1-5-4-6-2(8)3(9)7-4/h2,8H,1H3,(H2,5,6,7,9)/t2-/m1/s1. The summed E-state index contributed by atoms with van der Waals surface area (Å²) >= 11 is 0. The van der Waals surface area contributed by atoms with Gasteiger partial charge in [0.1, 0.15) is 0 Å². The fourth-order valence-electron chi connectivity index (χ4n) is 0.537. The lowest BCUT2D eigenvalue weighted by atomic mass is 10.6. The summed E-state index contributed by atoms with van der Waals surface area (Å²) < 4.78 is 0. The molecule has 0 aromatic carbocycles. The van der Waals surface area contributed by atoms with E-state index in [0.29, 0.717) is 5.96 Å². The summed E-state index contributed by atoms with van der Waals surface area (Å²) in [6.45, 7) is 0. The molecule has 1 rings (SSSR count). The summed E-state index contributed by atoms with van der Waals surface area (Å²) in [4.78, 5) is 14.0. The van der Waals surface area contributed by atoms with E-state index in [9.17, 15) is 4.79 Å². The lowest BCUT2D eigenvalue weighted by Gasteiger charge is -1.93. The van der Waals surface area contributed by atoms with Gasteiger partial charge < -0.3 is 10.4 Å². The van der Waals surface area contributed by atoms with Crippen molar-refractivity contribution in [1.82, 2.24) is 10.6 Å². The van der Waals surface area contributed by atoms with Crippen LogP contribution in [0.3, 0.4) is 0 Å². The van der Waals surface area contributed by atoms with E-state index in [-0.39, 0.29) is 0 Å². The minimum absolute atomic E-state index is 0.313. The number of aliphatic imine (C=N–C) groups is 1. The molecule has 1 atom stereocenters. The van der Waals surface area contributed by atoms with Gasteiger partial charge in [0.25, 0.3) is 5.91 Å². The van der Waals surface area contributed by atoms with Gasteiger partial charge >= 0.3 is 0 Å². The average molecular weight is 129 g/mol. The molecule has 50 valence electrons. The molecule has 1 aliphatic rings. The summed E-state index contributed by atoms with van der Waals surface area (Å²) in [5.41, 5.74) is 0. The maximum atomic E-state index is 10.4. The van der Waals surface area contributed by atoms with Gasteiger partial charge in [-0.25, -0.2) is 0 Å². The largest absolute Gasteiger partial charge is 0.365 e. The first kappa shape index (κ1) is 6.03. The Morgan fingerprint density at radius 3 is 2.67 bits per heavy atom. The monoisotopic (exact) mass is 129 g/mol. The van der Waals surface area contributed by atoms with Crippen LogP contribution in [-0.4, -0.2) is 30.2 Å². The highest BCUT2D eigenvalue weighted by Gasteiger charge is 2.24. The Labute approximate surface area is 51.8 Å². The zero-order valence-electron chi connectivity index (χ0n) is 4.88. The van der Waals surface area contributed by atoms with E-state index in [2.05, 4.69) is 15.6 Å². The van der Waals surface area contributed by atoms with Crippen LogP contribution in [0.4, 0.5) is 0 Å². The second-order valence-corrected chi connectivity index (χ2v) is 1.61. The Morgan fingerprint density at radius 2 is 2.44 bits per heavy atom.